The van der Waals surface area contributed by atoms with Crippen LogP contribution in [0.15, 0.2) is 58.3 Å². The number of hydrogen-bond donors (Lipinski definition) is 0. The third kappa shape index (κ3) is 3.14. The molecule has 0 N–H and O–H groups in total. The van der Waals surface area contributed by atoms with Crippen molar-refractivity contribution in [3.8, 4) is 0 Å². The summed E-state index contributed by atoms with van der Waals surface area (Å²) in [5.74, 6) is 0. The van der Waals surface area contributed by atoms with Crippen molar-refractivity contribution in [3.63, 3.8) is 0 Å². The van der Waals surface area contributed by atoms with Crippen molar-refractivity contribution in [2.45, 2.75) is 16.7 Å². The van der Waals surface area contributed by atoms with Crippen LogP contribution in [0.4, 0.5) is 5.69 Å². The van der Waals surface area contributed by atoms with Crippen LogP contribution in [0, 0.1) is 12.3 Å². The van der Waals surface area contributed by atoms with Crippen LogP contribution in [-0.4, -0.2) is 16.8 Å². The third-order valence-corrected chi connectivity index (χ3v) is 6.35. The summed E-state index contributed by atoms with van der Waals surface area (Å²) in [4.78, 5) is 2.59. The topological polar surface area (TPSA) is 111 Å². The third-order valence-electron chi connectivity index (χ3n) is 2.82. The molecule has 0 saturated carbocycles. The SMILES string of the molecule is Cc1ccccc1[N+]#N.O=S1(=O)[N-]S(=O)(=O)c2ccccc21. The Bertz CT molecular complexity index is 910. The highest BCUT2D eigenvalue weighted by Gasteiger charge is 2.26. The van der Waals surface area contributed by atoms with E-state index in [-0.39, 0.29) is 9.79 Å². The van der Waals surface area contributed by atoms with Crippen molar-refractivity contribution in [3.05, 3.63) is 63.2 Å². The van der Waals surface area contributed by atoms with Crippen molar-refractivity contribution in [2.75, 3.05) is 0 Å². The molecular formula is C13H11N3O4S2. The van der Waals surface area contributed by atoms with Crippen LogP contribution in [0.1, 0.15) is 5.56 Å². The van der Waals surface area contributed by atoms with E-state index in [1.54, 1.807) is 6.07 Å². The molecule has 2 aromatic carbocycles. The molecule has 1 heterocycles. The second-order valence-corrected chi connectivity index (χ2v) is 7.73. The number of nitrogens with zero attached hydrogens (tertiary/aromatic N) is 3. The predicted molar refractivity (Wildman–Crippen MR) is 80.1 cm³/mol. The van der Waals surface area contributed by atoms with Gasteiger partial charge in [-0.05, 0) is 19.1 Å². The maximum Gasteiger partial charge on any atom is 0.387 e. The zero-order valence-corrected chi connectivity index (χ0v) is 13.0. The Morgan fingerprint density at radius 2 is 1.32 bits per heavy atom. The van der Waals surface area contributed by atoms with Gasteiger partial charge in [-0.15, -0.1) is 0 Å². The van der Waals surface area contributed by atoms with Crippen LogP contribution < -0.4 is 0 Å². The number of hydrogen-bond acceptors (Lipinski definition) is 5. The molecule has 0 bridgehead atoms. The van der Waals surface area contributed by atoms with E-state index in [9.17, 15) is 16.8 Å². The highest BCUT2D eigenvalue weighted by Crippen LogP contribution is 2.37. The quantitative estimate of drug-likeness (QED) is 0.686. The van der Waals surface area contributed by atoms with Gasteiger partial charge in [-0.3, -0.25) is 0 Å². The molecule has 9 heteroatoms. The van der Waals surface area contributed by atoms with Crippen LogP contribution in [0.25, 0.3) is 9.10 Å². The maximum absolute atomic E-state index is 11.1. The fourth-order valence-corrected chi connectivity index (χ4v) is 5.21. The van der Waals surface area contributed by atoms with Gasteiger partial charge in [0.2, 0.25) is 5.39 Å². The molecule has 0 fully saturated rings. The van der Waals surface area contributed by atoms with E-state index in [1.165, 1.54) is 24.3 Å². The monoisotopic (exact) mass is 337 g/mol. The predicted octanol–water partition coefficient (Wildman–Crippen LogP) is 2.93. The molecule has 0 unspecified atom stereocenters. The van der Waals surface area contributed by atoms with E-state index in [4.69, 9.17) is 5.39 Å². The first-order valence-corrected chi connectivity index (χ1v) is 8.90. The smallest absolute Gasteiger partial charge is 0.387 e. The Kier molecular flexibility index (Phi) is 4.27. The molecule has 1 aliphatic heterocycles. The molecule has 0 spiro atoms. The lowest BCUT2D eigenvalue weighted by Crippen LogP contribution is -1.92. The molecule has 0 amide bonds. The van der Waals surface area contributed by atoms with Gasteiger partial charge in [0.15, 0.2) is 4.98 Å². The lowest BCUT2D eigenvalue weighted by molar-refractivity contribution is 0.603. The average molecular weight is 337 g/mol. The van der Waals surface area contributed by atoms with Gasteiger partial charge in [0.1, 0.15) is 20.0 Å². The van der Waals surface area contributed by atoms with E-state index in [0.717, 1.165) is 5.56 Å². The Hall–Kier alpha value is -2.28. The van der Waals surface area contributed by atoms with E-state index in [1.807, 2.05) is 25.1 Å². The van der Waals surface area contributed by atoms with Crippen LogP contribution in [-0.2, 0) is 20.0 Å². The van der Waals surface area contributed by atoms with Gasteiger partial charge < -0.3 is 4.13 Å². The molecule has 0 atom stereocenters. The summed E-state index contributed by atoms with van der Waals surface area (Å²) in [6, 6.07) is 12.7. The molecule has 2 aromatic rings. The number of sulfonamides is 2. The summed E-state index contributed by atoms with van der Waals surface area (Å²) in [6.07, 6.45) is 0. The van der Waals surface area contributed by atoms with Crippen molar-refractivity contribution >= 4 is 25.7 Å². The molecule has 3 rings (SSSR count). The molecule has 0 aromatic heterocycles. The van der Waals surface area contributed by atoms with Gasteiger partial charge in [-0.1, -0.05) is 30.3 Å². The van der Waals surface area contributed by atoms with Crippen LogP contribution in [0.5, 0.6) is 0 Å². The molecular weight excluding hydrogens is 326 g/mol. The Morgan fingerprint density at radius 3 is 1.73 bits per heavy atom. The van der Waals surface area contributed by atoms with Crippen LogP contribution >= 0.6 is 0 Å². The molecule has 0 radical (unpaired) electrons. The molecule has 0 saturated heterocycles. The highest BCUT2D eigenvalue weighted by molar-refractivity contribution is 8.14. The lowest BCUT2D eigenvalue weighted by atomic mass is 10.2. The Labute approximate surface area is 128 Å². The molecule has 0 aliphatic carbocycles. The number of rotatable bonds is 0. The number of aryl methyl sites for hydroxylation is 1. The normalized spacial score (nSPS) is 16.7. The van der Waals surface area contributed by atoms with Crippen LogP contribution in [0.3, 0.4) is 0 Å². The first-order valence-electron chi connectivity index (χ1n) is 6.02. The van der Waals surface area contributed by atoms with E-state index >= 15 is 0 Å². The van der Waals surface area contributed by atoms with Crippen molar-refractivity contribution in [2.24, 2.45) is 0 Å². The number of benzene rings is 2. The van der Waals surface area contributed by atoms with Gasteiger partial charge in [0, 0.05) is 11.6 Å². The molecule has 114 valence electrons. The van der Waals surface area contributed by atoms with Gasteiger partial charge >= 0.3 is 5.69 Å². The summed E-state index contributed by atoms with van der Waals surface area (Å²) in [7, 11) is -7.95. The van der Waals surface area contributed by atoms with Gasteiger partial charge in [-0.25, -0.2) is 16.8 Å². The van der Waals surface area contributed by atoms with E-state index in [0.29, 0.717) is 5.69 Å². The fraction of sp³-hybridized carbons (Fsp3) is 0.0769. The van der Waals surface area contributed by atoms with Crippen molar-refractivity contribution in [1.82, 2.24) is 0 Å². The van der Waals surface area contributed by atoms with Crippen LogP contribution in [0.2, 0.25) is 0 Å². The summed E-state index contributed by atoms with van der Waals surface area (Å²) in [6.45, 7) is 1.90. The summed E-state index contributed by atoms with van der Waals surface area (Å²) in [5, 5.41) is 8.34. The van der Waals surface area contributed by atoms with Gasteiger partial charge in [-0.2, -0.15) is 0 Å². The van der Waals surface area contributed by atoms with Gasteiger partial charge in [0.25, 0.3) is 0 Å². The fourth-order valence-electron chi connectivity index (χ4n) is 1.76. The number of fused-ring (bicyclic) bond motifs is 1. The first kappa shape index (κ1) is 16.1. The Morgan fingerprint density at radius 1 is 0.864 bits per heavy atom. The summed E-state index contributed by atoms with van der Waals surface area (Å²) in [5.41, 5.74) is 1.62. The zero-order valence-electron chi connectivity index (χ0n) is 11.4. The molecule has 22 heavy (non-hydrogen) atoms. The standard InChI is InChI=1S/C7H7N2.C6H4NO4S2/c1-6-4-2-3-5-7(6)9-8;8-12(9)5-3-1-2-4-6(5)13(10,11)7-12/h2-5H,1H3;1-4H/q+1;-1. The van der Waals surface area contributed by atoms with Crippen molar-refractivity contribution in [1.29, 1.82) is 5.39 Å². The minimum atomic E-state index is -3.98. The summed E-state index contributed by atoms with van der Waals surface area (Å²) < 4.78 is 47.3. The molecule has 7 nitrogen and oxygen atoms in total. The van der Waals surface area contributed by atoms with E-state index < -0.39 is 20.0 Å². The second kappa shape index (κ2) is 5.84. The highest BCUT2D eigenvalue weighted by atomic mass is 32.3. The second-order valence-electron chi connectivity index (χ2n) is 4.36. The number of diazo groups is 1. The summed E-state index contributed by atoms with van der Waals surface area (Å²) >= 11 is 0. The Balaban J connectivity index is 0.000000172. The van der Waals surface area contributed by atoms with E-state index in [2.05, 4.69) is 9.10 Å². The average Bonchev–Trinajstić information content (AvgIpc) is 2.66. The molecule has 1 aliphatic rings. The lowest BCUT2D eigenvalue weighted by Gasteiger charge is -2.05. The zero-order chi connectivity index (χ0) is 16.4. The van der Waals surface area contributed by atoms with Gasteiger partial charge in [0.05, 0.1) is 9.79 Å². The first-order chi connectivity index (χ1) is 10.3. The van der Waals surface area contributed by atoms with Crippen molar-refractivity contribution < 1.29 is 16.8 Å². The maximum atomic E-state index is 11.1. The largest absolute Gasteiger partial charge is 0.428 e. The minimum Gasteiger partial charge on any atom is -0.428 e. The minimum absolute atomic E-state index is 0.241.